The molecule has 0 saturated heterocycles. The highest BCUT2D eigenvalue weighted by Crippen LogP contribution is 2.18. The molecule has 0 radical (unpaired) electrons. The van der Waals surface area contributed by atoms with Crippen LogP contribution in [0.15, 0.2) is 48.7 Å². The maximum Gasteiger partial charge on any atom is 0.275 e. The Balaban J connectivity index is 1.64. The van der Waals surface area contributed by atoms with Crippen molar-refractivity contribution < 1.29 is 4.79 Å². The lowest BCUT2D eigenvalue weighted by Crippen LogP contribution is -2.14. The fourth-order valence-corrected chi connectivity index (χ4v) is 2.48. The molecule has 2 N–H and O–H groups in total. The van der Waals surface area contributed by atoms with E-state index in [0.29, 0.717) is 11.2 Å². The Morgan fingerprint density at radius 3 is 2.74 bits per heavy atom. The van der Waals surface area contributed by atoms with Gasteiger partial charge in [0.2, 0.25) is 0 Å². The zero-order valence-corrected chi connectivity index (χ0v) is 12.4. The molecule has 2 heterocycles. The Morgan fingerprint density at radius 1 is 1.04 bits per heavy atom. The van der Waals surface area contributed by atoms with Gasteiger partial charge in [-0.05, 0) is 37.3 Å². The number of carbonyl (C=O) groups is 1. The number of rotatable bonds is 2. The molecule has 2 aromatic carbocycles. The monoisotopic (exact) mass is 303 g/mol. The molecule has 0 atom stereocenters. The number of benzene rings is 2. The Morgan fingerprint density at radius 2 is 1.87 bits per heavy atom. The number of aromatic amines is 1. The molecule has 0 unspecified atom stereocenters. The number of hydrogen-bond donors (Lipinski definition) is 2. The van der Waals surface area contributed by atoms with Gasteiger partial charge in [0.1, 0.15) is 11.5 Å². The lowest BCUT2D eigenvalue weighted by molar-refractivity contribution is 0.102. The van der Waals surface area contributed by atoms with Crippen LogP contribution in [0.2, 0.25) is 0 Å². The molecule has 112 valence electrons. The Labute approximate surface area is 131 Å². The molecule has 6 nitrogen and oxygen atoms in total. The average molecular weight is 303 g/mol. The first-order valence-corrected chi connectivity index (χ1v) is 7.18. The predicted molar refractivity (Wildman–Crippen MR) is 88.3 cm³/mol. The van der Waals surface area contributed by atoms with Crippen molar-refractivity contribution in [1.29, 1.82) is 0 Å². The van der Waals surface area contributed by atoms with Crippen LogP contribution in [-0.2, 0) is 0 Å². The van der Waals surface area contributed by atoms with E-state index in [2.05, 4.69) is 25.3 Å². The van der Waals surface area contributed by atoms with Crippen molar-refractivity contribution in [1.82, 2.24) is 19.9 Å². The van der Waals surface area contributed by atoms with Crippen LogP contribution in [0.5, 0.6) is 0 Å². The van der Waals surface area contributed by atoms with E-state index in [0.717, 1.165) is 22.4 Å². The van der Waals surface area contributed by atoms with Crippen molar-refractivity contribution >= 4 is 33.7 Å². The zero-order valence-electron chi connectivity index (χ0n) is 12.4. The number of amides is 1. The van der Waals surface area contributed by atoms with E-state index in [-0.39, 0.29) is 11.6 Å². The highest BCUT2D eigenvalue weighted by Gasteiger charge is 2.10. The predicted octanol–water partition coefficient (Wildman–Crippen LogP) is 3.07. The topological polar surface area (TPSA) is 83.6 Å². The molecule has 1 amide bonds. The van der Waals surface area contributed by atoms with Crippen molar-refractivity contribution in [2.24, 2.45) is 0 Å². The maximum absolute atomic E-state index is 12.4. The number of para-hydroxylation sites is 2. The molecule has 0 aliphatic rings. The van der Waals surface area contributed by atoms with Crippen LogP contribution in [-0.4, -0.2) is 25.8 Å². The standard InChI is InChI=1S/C17H13N5O/c1-10-19-14-7-6-11(8-15(14)20-10)21-17(23)16-9-18-12-4-2-3-5-13(12)22-16/h2-9H,1H3,(H,19,20)(H,21,23). The fourth-order valence-electron chi connectivity index (χ4n) is 2.48. The lowest BCUT2D eigenvalue weighted by atomic mass is 10.2. The number of imidazole rings is 1. The number of H-pyrrole nitrogens is 1. The van der Waals surface area contributed by atoms with E-state index in [4.69, 9.17) is 0 Å². The molecular weight excluding hydrogens is 290 g/mol. The number of aryl methyl sites for hydroxylation is 1. The van der Waals surface area contributed by atoms with Gasteiger partial charge in [-0.1, -0.05) is 12.1 Å². The fraction of sp³-hybridized carbons (Fsp3) is 0.0588. The van der Waals surface area contributed by atoms with Gasteiger partial charge in [0.05, 0.1) is 28.3 Å². The van der Waals surface area contributed by atoms with Crippen LogP contribution in [0.4, 0.5) is 5.69 Å². The largest absolute Gasteiger partial charge is 0.342 e. The molecule has 0 fully saturated rings. The third-order valence-corrected chi connectivity index (χ3v) is 3.54. The van der Waals surface area contributed by atoms with Crippen molar-refractivity contribution in [3.8, 4) is 0 Å². The second-order valence-corrected chi connectivity index (χ2v) is 5.25. The van der Waals surface area contributed by atoms with Gasteiger partial charge in [0, 0.05) is 5.69 Å². The number of aromatic nitrogens is 4. The highest BCUT2D eigenvalue weighted by molar-refractivity contribution is 6.04. The minimum Gasteiger partial charge on any atom is -0.342 e. The van der Waals surface area contributed by atoms with Gasteiger partial charge >= 0.3 is 0 Å². The maximum atomic E-state index is 12.4. The smallest absolute Gasteiger partial charge is 0.275 e. The minimum absolute atomic E-state index is 0.282. The summed E-state index contributed by atoms with van der Waals surface area (Å²) < 4.78 is 0. The summed E-state index contributed by atoms with van der Waals surface area (Å²) in [6.45, 7) is 1.89. The van der Waals surface area contributed by atoms with Gasteiger partial charge < -0.3 is 10.3 Å². The summed E-state index contributed by atoms with van der Waals surface area (Å²) in [7, 11) is 0. The SMILES string of the molecule is Cc1nc2ccc(NC(=O)c3cnc4ccccc4n3)cc2[nH]1. The van der Waals surface area contributed by atoms with Crippen LogP contribution in [0.1, 0.15) is 16.3 Å². The third-order valence-electron chi connectivity index (χ3n) is 3.54. The van der Waals surface area contributed by atoms with Crippen LogP contribution in [0, 0.1) is 6.92 Å². The number of nitrogens with zero attached hydrogens (tertiary/aromatic N) is 3. The molecule has 0 aliphatic heterocycles. The first-order chi connectivity index (χ1) is 11.2. The summed E-state index contributed by atoms with van der Waals surface area (Å²) in [5.41, 5.74) is 4.17. The quantitative estimate of drug-likeness (QED) is 0.596. The molecule has 0 saturated carbocycles. The second kappa shape index (κ2) is 5.17. The molecule has 4 aromatic rings. The summed E-state index contributed by atoms with van der Waals surface area (Å²) in [6, 6.07) is 13.0. The van der Waals surface area contributed by atoms with E-state index in [1.54, 1.807) is 0 Å². The van der Waals surface area contributed by atoms with Crippen molar-refractivity contribution in [2.45, 2.75) is 6.92 Å². The van der Waals surface area contributed by atoms with Gasteiger partial charge in [-0.2, -0.15) is 0 Å². The van der Waals surface area contributed by atoms with Crippen LogP contribution < -0.4 is 5.32 Å². The summed E-state index contributed by atoms with van der Waals surface area (Å²) in [5.74, 6) is 0.544. The van der Waals surface area contributed by atoms with Crippen molar-refractivity contribution in [3.63, 3.8) is 0 Å². The normalized spacial score (nSPS) is 11.0. The highest BCUT2D eigenvalue weighted by atomic mass is 16.1. The van der Waals surface area contributed by atoms with E-state index in [1.165, 1.54) is 6.20 Å². The summed E-state index contributed by atoms with van der Waals surface area (Å²) >= 11 is 0. The first kappa shape index (κ1) is 13.4. The summed E-state index contributed by atoms with van der Waals surface area (Å²) in [5, 5.41) is 2.84. The van der Waals surface area contributed by atoms with E-state index in [1.807, 2.05) is 49.4 Å². The summed E-state index contributed by atoms with van der Waals surface area (Å²) in [4.78, 5) is 28.4. The molecule has 23 heavy (non-hydrogen) atoms. The number of nitrogens with one attached hydrogen (secondary N) is 2. The summed E-state index contributed by atoms with van der Waals surface area (Å²) in [6.07, 6.45) is 1.48. The number of hydrogen-bond acceptors (Lipinski definition) is 4. The number of carbonyl (C=O) groups excluding carboxylic acids is 1. The minimum atomic E-state index is -0.293. The first-order valence-electron chi connectivity index (χ1n) is 7.18. The van der Waals surface area contributed by atoms with E-state index >= 15 is 0 Å². The van der Waals surface area contributed by atoms with Gasteiger partial charge in [-0.25, -0.2) is 9.97 Å². The van der Waals surface area contributed by atoms with Crippen molar-refractivity contribution in [3.05, 3.63) is 60.2 Å². The van der Waals surface area contributed by atoms with E-state index in [9.17, 15) is 4.79 Å². The van der Waals surface area contributed by atoms with Gasteiger partial charge in [-0.3, -0.25) is 9.78 Å². The van der Waals surface area contributed by atoms with Crippen LogP contribution >= 0.6 is 0 Å². The molecule has 6 heteroatoms. The molecule has 0 spiro atoms. The van der Waals surface area contributed by atoms with Gasteiger partial charge in [-0.15, -0.1) is 0 Å². The molecule has 0 aliphatic carbocycles. The Bertz CT molecular complexity index is 1040. The van der Waals surface area contributed by atoms with Crippen molar-refractivity contribution in [2.75, 3.05) is 5.32 Å². The zero-order chi connectivity index (χ0) is 15.8. The Kier molecular flexibility index (Phi) is 3.01. The van der Waals surface area contributed by atoms with E-state index < -0.39 is 0 Å². The Hall–Kier alpha value is -3.28. The number of fused-ring (bicyclic) bond motifs is 2. The average Bonchev–Trinajstić information content (AvgIpc) is 2.93. The lowest BCUT2D eigenvalue weighted by Gasteiger charge is -2.05. The molecule has 4 rings (SSSR count). The number of anilines is 1. The van der Waals surface area contributed by atoms with Gasteiger partial charge in [0.15, 0.2) is 0 Å². The molecule has 0 bridgehead atoms. The van der Waals surface area contributed by atoms with Crippen LogP contribution in [0.3, 0.4) is 0 Å². The molecule has 2 aromatic heterocycles. The van der Waals surface area contributed by atoms with Gasteiger partial charge in [0.25, 0.3) is 5.91 Å². The second-order valence-electron chi connectivity index (χ2n) is 5.25. The van der Waals surface area contributed by atoms with Crippen LogP contribution in [0.25, 0.3) is 22.1 Å². The molecular formula is C17H13N5O. The third kappa shape index (κ3) is 2.50.